The third-order valence-electron chi connectivity index (χ3n) is 3.42. The average molecular weight is 305 g/mol. The van der Waals surface area contributed by atoms with Crippen LogP contribution >= 0.6 is 0 Å². The molecule has 0 spiro atoms. The minimum absolute atomic E-state index is 0.0705. The lowest BCUT2D eigenvalue weighted by molar-refractivity contribution is -0.129. The molecule has 2 rings (SSSR count). The zero-order chi connectivity index (χ0) is 16.3. The standard InChI is InChI=1S/C15H19N3O4/c1-10(14(20)16-9-8-13(19)17(2)3)18-11-6-4-5-7-12(11)22-15(18)21/h4-7,10H,8-9H2,1-3H3,(H,16,20). The predicted molar refractivity (Wildman–Crippen MR) is 81.5 cm³/mol. The first-order valence-electron chi connectivity index (χ1n) is 6.99. The molecule has 2 amide bonds. The number of hydrogen-bond donors (Lipinski definition) is 1. The SMILES string of the molecule is CC(C(=O)NCCC(=O)N(C)C)n1c(=O)oc2ccccc21. The maximum absolute atomic E-state index is 12.2. The van der Waals surface area contributed by atoms with E-state index in [0.29, 0.717) is 11.1 Å². The fourth-order valence-corrected chi connectivity index (χ4v) is 2.13. The quantitative estimate of drug-likeness (QED) is 0.883. The Balaban J connectivity index is 2.08. The molecule has 0 radical (unpaired) electrons. The Hall–Kier alpha value is -2.57. The molecule has 0 aliphatic heterocycles. The van der Waals surface area contributed by atoms with Crippen molar-refractivity contribution in [1.82, 2.24) is 14.8 Å². The van der Waals surface area contributed by atoms with Gasteiger partial charge in [0.05, 0.1) is 5.52 Å². The molecule has 1 aromatic carbocycles. The summed E-state index contributed by atoms with van der Waals surface area (Å²) in [7, 11) is 3.31. The summed E-state index contributed by atoms with van der Waals surface area (Å²) >= 11 is 0. The van der Waals surface area contributed by atoms with Crippen molar-refractivity contribution in [2.45, 2.75) is 19.4 Å². The second-order valence-corrected chi connectivity index (χ2v) is 5.21. The number of oxazole rings is 1. The molecule has 0 aliphatic rings. The van der Waals surface area contributed by atoms with Crippen LogP contribution in [-0.2, 0) is 9.59 Å². The Bertz CT molecular complexity index is 745. The first-order chi connectivity index (χ1) is 10.4. The lowest BCUT2D eigenvalue weighted by Crippen LogP contribution is -2.36. The van der Waals surface area contributed by atoms with E-state index >= 15 is 0 Å². The van der Waals surface area contributed by atoms with Crippen LogP contribution < -0.4 is 11.1 Å². The summed E-state index contributed by atoms with van der Waals surface area (Å²) in [5, 5.41) is 2.66. The Morgan fingerprint density at radius 3 is 2.68 bits per heavy atom. The van der Waals surface area contributed by atoms with Crippen molar-refractivity contribution in [3.63, 3.8) is 0 Å². The summed E-state index contributed by atoms with van der Waals surface area (Å²) in [6.45, 7) is 1.84. The summed E-state index contributed by atoms with van der Waals surface area (Å²) in [6, 6.07) is 6.21. The van der Waals surface area contributed by atoms with Crippen LogP contribution in [0.4, 0.5) is 0 Å². The van der Waals surface area contributed by atoms with Gasteiger partial charge in [-0.1, -0.05) is 12.1 Å². The van der Waals surface area contributed by atoms with Gasteiger partial charge in [-0.3, -0.25) is 14.2 Å². The minimum atomic E-state index is -0.717. The molecular formula is C15H19N3O4. The fraction of sp³-hybridized carbons (Fsp3) is 0.400. The van der Waals surface area contributed by atoms with E-state index in [9.17, 15) is 14.4 Å². The van der Waals surface area contributed by atoms with E-state index in [0.717, 1.165) is 0 Å². The van der Waals surface area contributed by atoms with Crippen LogP contribution in [0.15, 0.2) is 33.5 Å². The number of nitrogens with zero attached hydrogens (tertiary/aromatic N) is 2. The average Bonchev–Trinajstić information content (AvgIpc) is 2.81. The van der Waals surface area contributed by atoms with Gasteiger partial charge in [0, 0.05) is 27.1 Å². The molecule has 0 bridgehead atoms. The van der Waals surface area contributed by atoms with E-state index in [-0.39, 0.29) is 24.8 Å². The maximum atomic E-state index is 12.2. The second-order valence-electron chi connectivity index (χ2n) is 5.21. The van der Waals surface area contributed by atoms with Crippen LogP contribution in [0.1, 0.15) is 19.4 Å². The number of rotatable bonds is 5. The number of carbonyl (C=O) groups excluding carboxylic acids is 2. The largest absolute Gasteiger partial charge is 0.420 e. The van der Waals surface area contributed by atoms with Crippen LogP contribution in [0.5, 0.6) is 0 Å². The maximum Gasteiger partial charge on any atom is 0.420 e. The normalized spacial score (nSPS) is 12.1. The summed E-state index contributed by atoms with van der Waals surface area (Å²) in [6.07, 6.45) is 0.215. The highest BCUT2D eigenvalue weighted by Gasteiger charge is 2.21. The molecular weight excluding hydrogens is 286 g/mol. The van der Waals surface area contributed by atoms with Gasteiger partial charge < -0.3 is 14.6 Å². The smallest absolute Gasteiger partial charge is 0.408 e. The highest BCUT2D eigenvalue weighted by Crippen LogP contribution is 2.16. The van der Waals surface area contributed by atoms with Crippen molar-refractivity contribution < 1.29 is 14.0 Å². The van der Waals surface area contributed by atoms with Gasteiger partial charge in [-0.2, -0.15) is 0 Å². The number of nitrogens with one attached hydrogen (secondary N) is 1. The van der Waals surface area contributed by atoms with Crippen molar-refractivity contribution >= 4 is 22.9 Å². The summed E-state index contributed by atoms with van der Waals surface area (Å²) in [5.74, 6) is -0.979. The number of hydrogen-bond acceptors (Lipinski definition) is 4. The van der Waals surface area contributed by atoms with Gasteiger partial charge in [0.2, 0.25) is 11.8 Å². The van der Waals surface area contributed by atoms with E-state index < -0.39 is 11.8 Å². The molecule has 22 heavy (non-hydrogen) atoms. The van der Waals surface area contributed by atoms with Crippen molar-refractivity contribution in [3.05, 3.63) is 34.8 Å². The Labute approximate surface area is 127 Å². The summed E-state index contributed by atoms with van der Waals surface area (Å²) in [5.41, 5.74) is 1.01. The Morgan fingerprint density at radius 1 is 1.32 bits per heavy atom. The number of aromatic nitrogens is 1. The topological polar surface area (TPSA) is 84.5 Å². The van der Waals surface area contributed by atoms with Gasteiger partial charge in [0.15, 0.2) is 5.58 Å². The van der Waals surface area contributed by atoms with E-state index in [4.69, 9.17) is 4.42 Å². The van der Waals surface area contributed by atoms with Gasteiger partial charge in [0.1, 0.15) is 6.04 Å². The van der Waals surface area contributed by atoms with Crippen LogP contribution in [0.3, 0.4) is 0 Å². The number of amides is 2. The molecule has 0 saturated heterocycles. The number of benzene rings is 1. The van der Waals surface area contributed by atoms with Crippen LogP contribution in [0.25, 0.3) is 11.1 Å². The first kappa shape index (κ1) is 15.8. The van der Waals surface area contributed by atoms with E-state index in [1.807, 2.05) is 0 Å². The van der Waals surface area contributed by atoms with Crippen LogP contribution in [0.2, 0.25) is 0 Å². The van der Waals surface area contributed by atoms with Gasteiger partial charge in [-0.05, 0) is 19.1 Å². The monoisotopic (exact) mass is 305 g/mol. The van der Waals surface area contributed by atoms with Gasteiger partial charge in [0.25, 0.3) is 0 Å². The molecule has 7 nitrogen and oxygen atoms in total. The molecule has 1 heterocycles. The molecule has 1 atom stereocenters. The molecule has 1 aromatic heterocycles. The first-order valence-corrected chi connectivity index (χ1v) is 6.99. The lowest BCUT2D eigenvalue weighted by atomic mass is 10.2. The number of carbonyl (C=O) groups is 2. The lowest BCUT2D eigenvalue weighted by Gasteiger charge is -2.14. The summed E-state index contributed by atoms with van der Waals surface area (Å²) < 4.78 is 6.42. The minimum Gasteiger partial charge on any atom is -0.408 e. The van der Waals surface area contributed by atoms with Crippen molar-refractivity contribution in [2.24, 2.45) is 0 Å². The van der Waals surface area contributed by atoms with Gasteiger partial charge in [-0.25, -0.2) is 4.79 Å². The van der Waals surface area contributed by atoms with Crippen LogP contribution in [-0.4, -0.2) is 41.9 Å². The van der Waals surface area contributed by atoms with Crippen LogP contribution in [0, 0.1) is 0 Å². The van der Waals surface area contributed by atoms with Gasteiger partial charge >= 0.3 is 5.76 Å². The highest BCUT2D eigenvalue weighted by atomic mass is 16.4. The van der Waals surface area contributed by atoms with Crippen molar-refractivity contribution in [1.29, 1.82) is 0 Å². The molecule has 2 aromatic rings. The zero-order valence-corrected chi connectivity index (χ0v) is 12.8. The second kappa shape index (κ2) is 6.46. The highest BCUT2D eigenvalue weighted by molar-refractivity contribution is 5.83. The zero-order valence-electron chi connectivity index (χ0n) is 12.8. The summed E-state index contributed by atoms with van der Waals surface area (Å²) in [4.78, 5) is 37.0. The fourth-order valence-electron chi connectivity index (χ4n) is 2.13. The molecule has 0 fully saturated rings. The molecule has 1 N–H and O–H groups in total. The Morgan fingerprint density at radius 2 is 2.00 bits per heavy atom. The van der Waals surface area contributed by atoms with E-state index in [1.54, 1.807) is 45.3 Å². The molecule has 1 unspecified atom stereocenters. The number of para-hydroxylation sites is 2. The van der Waals surface area contributed by atoms with E-state index in [2.05, 4.69) is 5.32 Å². The Kier molecular flexibility index (Phi) is 4.65. The van der Waals surface area contributed by atoms with Crippen molar-refractivity contribution in [2.75, 3.05) is 20.6 Å². The number of fused-ring (bicyclic) bond motifs is 1. The third kappa shape index (κ3) is 3.19. The van der Waals surface area contributed by atoms with E-state index in [1.165, 1.54) is 9.47 Å². The van der Waals surface area contributed by atoms with Gasteiger partial charge in [-0.15, -0.1) is 0 Å². The van der Waals surface area contributed by atoms with Crippen molar-refractivity contribution in [3.8, 4) is 0 Å². The molecule has 0 saturated carbocycles. The third-order valence-corrected chi connectivity index (χ3v) is 3.42. The molecule has 0 aliphatic carbocycles. The predicted octanol–water partition coefficient (Wildman–Crippen LogP) is 0.750. The molecule has 118 valence electrons. The molecule has 7 heteroatoms.